The van der Waals surface area contributed by atoms with Crippen LogP contribution in [0, 0.1) is 0 Å². The Hall–Kier alpha value is -1.75. The number of rotatable bonds is 9. The Morgan fingerprint density at radius 3 is 2.71 bits per heavy atom. The van der Waals surface area contributed by atoms with Gasteiger partial charge in [0.25, 0.3) is 0 Å². The third kappa shape index (κ3) is 5.27. The molecule has 0 saturated heterocycles. The molecular formula is C16H25NO4. The number of ether oxygens (including phenoxy) is 3. The number of carbonyl (C=O) groups excluding carboxylic acids is 1. The maximum absolute atomic E-state index is 11.7. The lowest BCUT2D eigenvalue weighted by Gasteiger charge is -2.19. The maximum Gasteiger partial charge on any atom is 0.347 e. The number of methoxy groups -OCH3 is 1. The van der Waals surface area contributed by atoms with E-state index in [1.165, 1.54) is 0 Å². The van der Waals surface area contributed by atoms with Crippen LogP contribution in [0.2, 0.25) is 0 Å². The van der Waals surface area contributed by atoms with Gasteiger partial charge in [-0.15, -0.1) is 0 Å². The van der Waals surface area contributed by atoms with Crippen LogP contribution in [0.5, 0.6) is 11.5 Å². The molecule has 0 radical (unpaired) electrons. The molecule has 0 bridgehead atoms. The molecule has 5 heteroatoms. The topological polar surface area (TPSA) is 56.8 Å². The molecule has 1 unspecified atom stereocenters. The Labute approximate surface area is 126 Å². The van der Waals surface area contributed by atoms with Crippen molar-refractivity contribution in [2.45, 2.75) is 39.8 Å². The van der Waals surface area contributed by atoms with E-state index in [4.69, 9.17) is 14.2 Å². The van der Waals surface area contributed by atoms with Crippen LogP contribution in [-0.4, -0.2) is 32.3 Å². The first-order chi connectivity index (χ1) is 10.1. The third-order valence-corrected chi connectivity index (χ3v) is 2.94. The van der Waals surface area contributed by atoms with Gasteiger partial charge in [0.05, 0.1) is 13.7 Å². The zero-order chi connectivity index (χ0) is 15.7. The molecule has 1 aromatic carbocycles. The monoisotopic (exact) mass is 295 g/mol. The largest absolute Gasteiger partial charge is 0.493 e. The van der Waals surface area contributed by atoms with E-state index in [0.29, 0.717) is 24.7 Å². The zero-order valence-corrected chi connectivity index (χ0v) is 13.3. The van der Waals surface area contributed by atoms with Gasteiger partial charge in [0.2, 0.25) is 0 Å². The summed E-state index contributed by atoms with van der Waals surface area (Å²) >= 11 is 0. The van der Waals surface area contributed by atoms with Gasteiger partial charge >= 0.3 is 5.97 Å². The van der Waals surface area contributed by atoms with Gasteiger partial charge in [-0.05, 0) is 32.9 Å². The molecule has 0 heterocycles. The molecule has 0 fully saturated rings. The highest BCUT2D eigenvalue weighted by Gasteiger charge is 2.20. The molecule has 0 aliphatic rings. The van der Waals surface area contributed by atoms with Crippen molar-refractivity contribution in [1.29, 1.82) is 0 Å². The molecule has 1 atom stereocenters. The second-order valence-electron chi connectivity index (χ2n) is 4.64. The maximum atomic E-state index is 11.7. The number of hydrogen-bond donors (Lipinski definition) is 1. The minimum atomic E-state index is -0.675. The summed E-state index contributed by atoms with van der Waals surface area (Å²) in [5, 5.41) is 3.32. The van der Waals surface area contributed by atoms with E-state index in [1.54, 1.807) is 21.0 Å². The van der Waals surface area contributed by atoms with Gasteiger partial charge in [0.1, 0.15) is 0 Å². The Balaban J connectivity index is 2.88. The SMILES string of the molecule is CCCNCc1cccc(OC)c1OC(C)C(=O)OCC. The van der Waals surface area contributed by atoms with Crippen molar-refractivity contribution in [3.63, 3.8) is 0 Å². The van der Waals surface area contributed by atoms with Crippen molar-refractivity contribution in [2.75, 3.05) is 20.3 Å². The van der Waals surface area contributed by atoms with Gasteiger partial charge in [-0.3, -0.25) is 0 Å². The first-order valence-corrected chi connectivity index (χ1v) is 7.33. The van der Waals surface area contributed by atoms with Gasteiger partial charge in [0, 0.05) is 12.1 Å². The molecule has 5 nitrogen and oxygen atoms in total. The second-order valence-corrected chi connectivity index (χ2v) is 4.64. The van der Waals surface area contributed by atoms with Gasteiger partial charge in [-0.1, -0.05) is 19.1 Å². The fourth-order valence-electron chi connectivity index (χ4n) is 1.88. The van der Waals surface area contributed by atoms with Crippen molar-refractivity contribution in [2.24, 2.45) is 0 Å². The summed E-state index contributed by atoms with van der Waals surface area (Å²) in [6.07, 6.45) is 0.380. The van der Waals surface area contributed by atoms with E-state index in [0.717, 1.165) is 18.5 Å². The Kier molecular flexibility index (Phi) is 7.61. The molecule has 21 heavy (non-hydrogen) atoms. The van der Waals surface area contributed by atoms with E-state index in [9.17, 15) is 4.79 Å². The fourth-order valence-corrected chi connectivity index (χ4v) is 1.88. The molecule has 0 aliphatic carbocycles. The average Bonchev–Trinajstić information content (AvgIpc) is 2.49. The number of hydrogen-bond acceptors (Lipinski definition) is 5. The zero-order valence-electron chi connectivity index (χ0n) is 13.3. The summed E-state index contributed by atoms with van der Waals surface area (Å²) in [4.78, 5) is 11.7. The Morgan fingerprint density at radius 2 is 2.10 bits per heavy atom. The smallest absolute Gasteiger partial charge is 0.347 e. The molecule has 1 aromatic rings. The Bertz CT molecular complexity index is 448. The summed E-state index contributed by atoms with van der Waals surface area (Å²) in [7, 11) is 1.58. The van der Waals surface area contributed by atoms with Crippen LogP contribution >= 0.6 is 0 Å². The van der Waals surface area contributed by atoms with Crippen LogP contribution in [0.25, 0.3) is 0 Å². The minimum absolute atomic E-state index is 0.337. The van der Waals surface area contributed by atoms with Crippen LogP contribution in [0.15, 0.2) is 18.2 Å². The number of esters is 1. The number of para-hydroxylation sites is 1. The van der Waals surface area contributed by atoms with E-state index >= 15 is 0 Å². The molecule has 1 rings (SSSR count). The second kappa shape index (κ2) is 9.23. The van der Waals surface area contributed by atoms with Crippen molar-refractivity contribution in [3.05, 3.63) is 23.8 Å². The third-order valence-electron chi connectivity index (χ3n) is 2.94. The van der Waals surface area contributed by atoms with Gasteiger partial charge < -0.3 is 19.5 Å². The highest BCUT2D eigenvalue weighted by atomic mass is 16.6. The van der Waals surface area contributed by atoms with Gasteiger partial charge in [-0.25, -0.2) is 4.79 Å². The summed E-state index contributed by atoms with van der Waals surface area (Å²) in [5.74, 6) is 0.821. The van der Waals surface area contributed by atoms with Crippen molar-refractivity contribution in [1.82, 2.24) is 5.32 Å². The number of carbonyl (C=O) groups is 1. The van der Waals surface area contributed by atoms with Crippen LogP contribution < -0.4 is 14.8 Å². The summed E-state index contributed by atoms with van der Waals surface area (Å²) in [6, 6.07) is 5.68. The van der Waals surface area contributed by atoms with E-state index in [2.05, 4.69) is 12.2 Å². The Morgan fingerprint density at radius 1 is 1.33 bits per heavy atom. The van der Waals surface area contributed by atoms with Crippen LogP contribution in [0.1, 0.15) is 32.8 Å². The number of nitrogens with one attached hydrogen (secondary N) is 1. The lowest BCUT2D eigenvalue weighted by Crippen LogP contribution is -2.27. The normalized spacial score (nSPS) is 11.8. The van der Waals surface area contributed by atoms with E-state index < -0.39 is 6.10 Å². The van der Waals surface area contributed by atoms with Gasteiger partial charge in [-0.2, -0.15) is 0 Å². The van der Waals surface area contributed by atoms with Crippen LogP contribution in [0.3, 0.4) is 0 Å². The predicted octanol–water partition coefficient (Wildman–Crippen LogP) is 2.53. The first kappa shape index (κ1) is 17.3. The average molecular weight is 295 g/mol. The summed E-state index contributed by atoms with van der Waals surface area (Å²) in [6.45, 7) is 7.48. The quantitative estimate of drug-likeness (QED) is 0.560. The molecular weight excluding hydrogens is 270 g/mol. The first-order valence-electron chi connectivity index (χ1n) is 7.33. The van der Waals surface area contributed by atoms with Gasteiger partial charge in [0.15, 0.2) is 17.6 Å². The van der Waals surface area contributed by atoms with Crippen molar-refractivity contribution in [3.8, 4) is 11.5 Å². The molecule has 118 valence electrons. The molecule has 0 saturated carbocycles. The van der Waals surface area contributed by atoms with E-state index in [-0.39, 0.29) is 5.97 Å². The highest BCUT2D eigenvalue weighted by Crippen LogP contribution is 2.32. The molecule has 0 amide bonds. The highest BCUT2D eigenvalue weighted by molar-refractivity contribution is 5.74. The van der Waals surface area contributed by atoms with Crippen molar-refractivity contribution >= 4 is 5.97 Å². The lowest BCUT2D eigenvalue weighted by atomic mass is 10.1. The number of benzene rings is 1. The van der Waals surface area contributed by atoms with Crippen LogP contribution in [0.4, 0.5) is 0 Å². The standard InChI is InChI=1S/C16H25NO4/c1-5-10-17-11-13-8-7-9-14(19-4)15(13)21-12(3)16(18)20-6-2/h7-9,12,17H,5-6,10-11H2,1-4H3. The molecule has 1 N–H and O–H groups in total. The van der Waals surface area contributed by atoms with E-state index in [1.807, 2.05) is 18.2 Å². The summed E-state index contributed by atoms with van der Waals surface area (Å²) in [5.41, 5.74) is 0.957. The van der Waals surface area contributed by atoms with Crippen LogP contribution in [-0.2, 0) is 16.1 Å². The molecule has 0 spiro atoms. The molecule has 0 aliphatic heterocycles. The van der Waals surface area contributed by atoms with Crippen molar-refractivity contribution < 1.29 is 19.0 Å². The fraction of sp³-hybridized carbons (Fsp3) is 0.562. The predicted molar refractivity (Wildman–Crippen MR) is 81.7 cm³/mol. The molecule has 0 aromatic heterocycles. The minimum Gasteiger partial charge on any atom is -0.493 e. The summed E-state index contributed by atoms with van der Waals surface area (Å²) < 4.78 is 16.1. The lowest BCUT2D eigenvalue weighted by molar-refractivity contribution is -0.150.